The number of hydrogen-bond donors (Lipinski definition) is 3. The maximum absolute atomic E-state index is 9.71. The fourth-order valence-corrected chi connectivity index (χ4v) is 1.80. The molecule has 0 saturated carbocycles. The molecule has 1 aromatic heterocycles. The zero-order valence-electron chi connectivity index (χ0n) is 9.52. The Labute approximate surface area is 103 Å². The Morgan fingerprint density at radius 2 is 2.18 bits per heavy atom. The molecule has 0 radical (unpaired) electrons. The molecule has 4 N–H and O–H groups in total. The van der Waals surface area contributed by atoms with E-state index in [4.69, 9.17) is 22.7 Å². The summed E-state index contributed by atoms with van der Waals surface area (Å²) in [5, 5.41) is 9.71. The van der Waals surface area contributed by atoms with Crippen LogP contribution in [0.25, 0.3) is 11.3 Å². The first kappa shape index (κ1) is 11.5. The lowest BCUT2D eigenvalue weighted by molar-refractivity contribution is 0.373. The van der Waals surface area contributed by atoms with E-state index in [-0.39, 0.29) is 5.75 Å². The highest BCUT2D eigenvalue weighted by Crippen LogP contribution is 2.32. The number of methoxy groups -OCH3 is 1. The number of rotatable bonds is 2. The first-order chi connectivity index (χ1) is 8.04. The molecule has 1 heterocycles. The van der Waals surface area contributed by atoms with Crippen LogP contribution in [0.1, 0.15) is 0 Å². The topological polar surface area (TPSA) is 76.2 Å². The van der Waals surface area contributed by atoms with Crippen molar-refractivity contribution in [1.82, 2.24) is 9.55 Å². The first-order valence-corrected chi connectivity index (χ1v) is 5.37. The number of ether oxygens (including phenoxy) is 1. The van der Waals surface area contributed by atoms with E-state index in [1.165, 1.54) is 7.11 Å². The second-order valence-electron chi connectivity index (χ2n) is 3.64. The van der Waals surface area contributed by atoms with Crippen molar-refractivity contribution < 1.29 is 9.84 Å². The number of aromatic hydroxyl groups is 1. The van der Waals surface area contributed by atoms with Gasteiger partial charge in [-0.15, -0.1) is 0 Å². The number of phenols is 1. The Morgan fingerprint density at radius 1 is 1.47 bits per heavy atom. The summed E-state index contributed by atoms with van der Waals surface area (Å²) in [6, 6.07) is 5.05. The van der Waals surface area contributed by atoms with Gasteiger partial charge < -0.3 is 25.1 Å². The van der Waals surface area contributed by atoms with Crippen LogP contribution in [0, 0.1) is 4.77 Å². The molecule has 0 aliphatic rings. The summed E-state index contributed by atoms with van der Waals surface area (Å²) in [5.74, 6) is 1.01. The van der Waals surface area contributed by atoms with E-state index < -0.39 is 0 Å². The lowest BCUT2D eigenvalue weighted by atomic mass is 10.1. The molecule has 0 spiro atoms. The highest BCUT2D eigenvalue weighted by atomic mass is 32.1. The molecule has 6 heteroatoms. The van der Waals surface area contributed by atoms with Gasteiger partial charge in [-0.2, -0.15) is 0 Å². The third-order valence-electron chi connectivity index (χ3n) is 2.62. The highest BCUT2D eigenvalue weighted by molar-refractivity contribution is 7.71. The molecule has 0 saturated heterocycles. The van der Waals surface area contributed by atoms with E-state index in [1.54, 1.807) is 29.8 Å². The molecule has 0 amide bonds. The van der Waals surface area contributed by atoms with Crippen LogP contribution in [0.15, 0.2) is 18.2 Å². The number of phenolic OH excluding ortho intramolecular Hbond substituents is 1. The third-order valence-corrected chi connectivity index (χ3v) is 3.00. The smallest absolute Gasteiger partial charge is 0.178 e. The number of benzene rings is 1. The van der Waals surface area contributed by atoms with Gasteiger partial charge in [0.15, 0.2) is 16.3 Å². The lowest BCUT2D eigenvalue weighted by Crippen LogP contribution is -1.96. The largest absolute Gasteiger partial charge is 0.504 e. The van der Waals surface area contributed by atoms with Gasteiger partial charge in [0.2, 0.25) is 0 Å². The van der Waals surface area contributed by atoms with Gasteiger partial charge in [0.25, 0.3) is 0 Å². The number of aromatic nitrogens is 2. The number of nitrogens with one attached hydrogen (secondary N) is 1. The van der Waals surface area contributed by atoms with E-state index in [2.05, 4.69) is 4.98 Å². The molecular weight excluding hydrogens is 238 g/mol. The van der Waals surface area contributed by atoms with Gasteiger partial charge in [0, 0.05) is 12.6 Å². The highest BCUT2D eigenvalue weighted by Gasteiger charge is 2.10. The number of anilines is 1. The quantitative estimate of drug-likeness (QED) is 0.714. The van der Waals surface area contributed by atoms with Crippen LogP contribution in [-0.2, 0) is 7.05 Å². The van der Waals surface area contributed by atoms with Crippen molar-refractivity contribution in [3.63, 3.8) is 0 Å². The average Bonchev–Trinajstić information content (AvgIpc) is 2.57. The van der Waals surface area contributed by atoms with Gasteiger partial charge in [-0.3, -0.25) is 0 Å². The predicted octanol–water partition coefficient (Wildman–Crippen LogP) is 2.05. The number of nitrogen functional groups attached to an aromatic ring is 1. The van der Waals surface area contributed by atoms with Crippen LogP contribution in [-0.4, -0.2) is 21.8 Å². The van der Waals surface area contributed by atoms with Crippen molar-refractivity contribution in [3.05, 3.63) is 23.0 Å². The number of nitrogens with two attached hydrogens (primary N) is 1. The van der Waals surface area contributed by atoms with Crippen molar-refractivity contribution in [2.45, 2.75) is 0 Å². The SMILES string of the molecule is COc1ccc(-c2[nH]c(=S)n(C)c2N)cc1O. The van der Waals surface area contributed by atoms with Crippen molar-refractivity contribution in [2.75, 3.05) is 12.8 Å². The van der Waals surface area contributed by atoms with Crippen molar-refractivity contribution in [1.29, 1.82) is 0 Å². The van der Waals surface area contributed by atoms with Crippen molar-refractivity contribution in [3.8, 4) is 22.8 Å². The van der Waals surface area contributed by atoms with Crippen LogP contribution in [0.4, 0.5) is 5.82 Å². The minimum Gasteiger partial charge on any atom is -0.504 e. The Balaban J connectivity index is 2.57. The summed E-state index contributed by atoms with van der Waals surface area (Å²) >= 11 is 5.08. The van der Waals surface area contributed by atoms with Gasteiger partial charge in [-0.05, 0) is 30.4 Å². The maximum Gasteiger partial charge on any atom is 0.178 e. The van der Waals surface area contributed by atoms with E-state index >= 15 is 0 Å². The van der Waals surface area contributed by atoms with Gasteiger partial charge in [-0.25, -0.2) is 0 Å². The van der Waals surface area contributed by atoms with Crippen LogP contribution >= 0.6 is 12.2 Å². The summed E-state index contributed by atoms with van der Waals surface area (Å²) in [5.41, 5.74) is 7.36. The fraction of sp³-hybridized carbons (Fsp3) is 0.182. The van der Waals surface area contributed by atoms with E-state index in [0.717, 1.165) is 5.56 Å². The Bertz CT molecular complexity index is 616. The molecule has 1 aromatic carbocycles. The molecular formula is C11H13N3O2S. The molecule has 5 nitrogen and oxygen atoms in total. The molecule has 90 valence electrons. The third kappa shape index (κ3) is 1.87. The Hall–Kier alpha value is -1.95. The lowest BCUT2D eigenvalue weighted by Gasteiger charge is -2.05. The summed E-state index contributed by atoms with van der Waals surface area (Å²) in [4.78, 5) is 2.99. The zero-order chi connectivity index (χ0) is 12.6. The second kappa shape index (κ2) is 4.14. The number of hydrogen-bond acceptors (Lipinski definition) is 4. The van der Waals surface area contributed by atoms with E-state index in [0.29, 0.717) is 22.0 Å². The summed E-state index contributed by atoms with van der Waals surface area (Å²) < 4.78 is 7.19. The molecule has 2 aromatic rings. The van der Waals surface area contributed by atoms with Gasteiger partial charge in [0.1, 0.15) is 5.82 Å². The molecule has 0 aliphatic carbocycles. The number of H-pyrrole nitrogens is 1. The van der Waals surface area contributed by atoms with Crippen LogP contribution in [0.2, 0.25) is 0 Å². The molecule has 2 rings (SSSR count). The number of nitrogens with zero attached hydrogens (tertiary/aromatic N) is 1. The van der Waals surface area contributed by atoms with Crippen molar-refractivity contribution >= 4 is 18.0 Å². The summed E-state index contributed by atoms with van der Waals surface area (Å²) in [7, 11) is 3.28. The molecule has 0 bridgehead atoms. The molecule has 0 unspecified atom stereocenters. The summed E-state index contributed by atoms with van der Waals surface area (Å²) in [6.07, 6.45) is 0. The second-order valence-corrected chi connectivity index (χ2v) is 4.02. The van der Waals surface area contributed by atoms with Gasteiger partial charge in [-0.1, -0.05) is 0 Å². The number of aromatic amines is 1. The Kier molecular flexibility index (Phi) is 2.81. The predicted molar refractivity (Wildman–Crippen MR) is 68.7 cm³/mol. The molecule has 17 heavy (non-hydrogen) atoms. The van der Waals surface area contributed by atoms with Crippen LogP contribution < -0.4 is 10.5 Å². The molecule has 0 aliphatic heterocycles. The van der Waals surface area contributed by atoms with E-state index in [1.807, 2.05) is 0 Å². The van der Waals surface area contributed by atoms with Crippen LogP contribution in [0.5, 0.6) is 11.5 Å². The fourth-order valence-electron chi connectivity index (χ4n) is 1.60. The first-order valence-electron chi connectivity index (χ1n) is 4.96. The standard InChI is InChI=1S/C11H13N3O2S/c1-14-10(12)9(13-11(14)17)6-3-4-8(16-2)7(15)5-6/h3-5,15H,12H2,1-2H3,(H,13,17). The Morgan fingerprint density at radius 3 is 2.65 bits per heavy atom. The van der Waals surface area contributed by atoms with Crippen molar-refractivity contribution in [2.24, 2.45) is 7.05 Å². The van der Waals surface area contributed by atoms with Gasteiger partial charge in [0.05, 0.1) is 12.8 Å². The number of imidazole rings is 1. The normalized spacial score (nSPS) is 10.5. The van der Waals surface area contributed by atoms with Gasteiger partial charge >= 0.3 is 0 Å². The molecule has 0 fully saturated rings. The minimum atomic E-state index is 0.0626. The van der Waals surface area contributed by atoms with E-state index in [9.17, 15) is 5.11 Å². The molecule has 0 atom stereocenters. The minimum absolute atomic E-state index is 0.0626. The maximum atomic E-state index is 9.71. The monoisotopic (exact) mass is 251 g/mol. The zero-order valence-corrected chi connectivity index (χ0v) is 10.3. The summed E-state index contributed by atoms with van der Waals surface area (Å²) in [6.45, 7) is 0. The van der Waals surface area contributed by atoms with Crippen LogP contribution in [0.3, 0.4) is 0 Å². The average molecular weight is 251 g/mol.